The molecule has 1 aliphatic heterocycles. The van der Waals surface area contributed by atoms with Crippen LogP contribution in [-0.2, 0) is 4.79 Å². The number of hydrogen-bond donors (Lipinski definition) is 3. The van der Waals surface area contributed by atoms with Crippen molar-refractivity contribution in [2.45, 2.75) is 36.9 Å². The molecule has 24 heavy (non-hydrogen) atoms. The summed E-state index contributed by atoms with van der Waals surface area (Å²) in [6.07, 6.45) is 1.65. The Morgan fingerprint density at radius 1 is 0.958 bits per heavy atom. The molecular weight excluding hydrogens is 305 g/mol. The summed E-state index contributed by atoms with van der Waals surface area (Å²) in [6, 6.07) is 16.6. The molecule has 1 aliphatic carbocycles. The number of halogens is 1. The minimum atomic E-state index is -0.267. The monoisotopic (exact) mass is 325 g/mol. The van der Waals surface area contributed by atoms with Crippen molar-refractivity contribution in [1.29, 1.82) is 0 Å². The second-order valence-electron chi connectivity index (χ2n) is 6.55. The van der Waals surface area contributed by atoms with Gasteiger partial charge in [0.2, 0.25) is 5.91 Å². The van der Waals surface area contributed by atoms with Gasteiger partial charge in [0.1, 0.15) is 11.9 Å². The molecule has 0 spiro atoms. The van der Waals surface area contributed by atoms with Gasteiger partial charge in [-0.25, -0.2) is 15.2 Å². The van der Waals surface area contributed by atoms with Crippen molar-refractivity contribution >= 4 is 5.91 Å². The van der Waals surface area contributed by atoms with Gasteiger partial charge in [-0.1, -0.05) is 42.5 Å². The molecule has 1 amide bonds. The zero-order chi connectivity index (χ0) is 16.5. The Bertz CT molecular complexity index is 719. The van der Waals surface area contributed by atoms with Crippen LogP contribution in [0.2, 0.25) is 0 Å². The van der Waals surface area contributed by atoms with E-state index >= 15 is 0 Å². The third kappa shape index (κ3) is 3.18. The van der Waals surface area contributed by atoms with Gasteiger partial charge in [-0.15, -0.1) is 0 Å². The van der Waals surface area contributed by atoms with Crippen molar-refractivity contribution in [2.75, 3.05) is 0 Å². The molecule has 2 unspecified atom stereocenters. The number of nitrogens with one attached hydrogen (secondary N) is 3. The summed E-state index contributed by atoms with van der Waals surface area (Å²) < 4.78 is 13.0. The molecule has 1 heterocycles. The molecule has 2 fully saturated rings. The maximum Gasteiger partial charge on any atom is 0.238 e. The average Bonchev–Trinajstić information content (AvgIpc) is 3.19. The van der Waals surface area contributed by atoms with Gasteiger partial charge in [-0.05, 0) is 36.1 Å². The molecule has 2 aromatic carbocycles. The molecule has 1 saturated carbocycles. The van der Waals surface area contributed by atoms with Crippen LogP contribution >= 0.6 is 0 Å². The van der Waals surface area contributed by atoms with Gasteiger partial charge in [-0.2, -0.15) is 0 Å². The first kappa shape index (κ1) is 15.3. The summed E-state index contributed by atoms with van der Waals surface area (Å²) in [7, 11) is 0. The fourth-order valence-electron chi connectivity index (χ4n) is 3.35. The van der Waals surface area contributed by atoms with Crippen LogP contribution < -0.4 is 16.2 Å². The zero-order valence-electron chi connectivity index (χ0n) is 13.2. The van der Waals surface area contributed by atoms with Gasteiger partial charge in [0, 0.05) is 18.0 Å². The molecule has 3 N–H and O–H groups in total. The van der Waals surface area contributed by atoms with E-state index in [9.17, 15) is 9.18 Å². The van der Waals surface area contributed by atoms with Crippen molar-refractivity contribution in [2.24, 2.45) is 0 Å². The smallest absolute Gasteiger partial charge is 0.238 e. The number of benzene rings is 2. The van der Waals surface area contributed by atoms with E-state index in [0.717, 1.165) is 12.0 Å². The fourth-order valence-corrected chi connectivity index (χ4v) is 3.35. The predicted octanol–water partition coefficient (Wildman–Crippen LogP) is 2.41. The minimum Gasteiger partial charge on any atom is -0.351 e. The molecule has 4 atom stereocenters. The lowest BCUT2D eigenvalue weighted by Crippen LogP contribution is -2.44. The third-order valence-electron chi connectivity index (χ3n) is 4.84. The van der Waals surface area contributed by atoms with Crippen molar-refractivity contribution in [1.82, 2.24) is 16.2 Å². The summed E-state index contributed by atoms with van der Waals surface area (Å²) in [5.41, 5.74) is 8.44. The molecule has 124 valence electrons. The van der Waals surface area contributed by atoms with E-state index in [4.69, 9.17) is 0 Å². The maximum atomic E-state index is 13.0. The van der Waals surface area contributed by atoms with Crippen molar-refractivity contribution in [3.8, 4) is 0 Å². The standard InChI is InChI=1S/C19H20FN3O/c20-14-8-6-13(7-9-14)16-11-18(23-22-16)19(24)21-17-10-15(17)12-4-2-1-3-5-12/h1-9,15-18,22-23H,10-11H2,(H,21,24)/t15-,16?,17+,18?/m0/s1. The topological polar surface area (TPSA) is 53.2 Å². The number of rotatable bonds is 4. The summed E-state index contributed by atoms with van der Waals surface area (Å²) >= 11 is 0. The van der Waals surface area contributed by atoms with Crippen LogP contribution in [-0.4, -0.2) is 18.0 Å². The highest BCUT2D eigenvalue weighted by atomic mass is 19.1. The van der Waals surface area contributed by atoms with Gasteiger partial charge in [0.15, 0.2) is 0 Å². The van der Waals surface area contributed by atoms with Crippen LogP contribution in [0.4, 0.5) is 4.39 Å². The summed E-state index contributed by atoms with van der Waals surface area (Å²) in [4.78, 5) is 12.4. The van der Waals surface area contributed by atoms with E-state index in [1.54, 1.807) is 12.1 Å². The lowest BCUT2D eigenvalue weighted by molar-refractivity contribution is -0.123. The predicted molar refractivity (Wildman–Crippen MR) is 89.5 cm³/mol. The van der Waals surface area contributed by atoms with Crippen LogP contribution in [0.3, 0.4) is 0 Å². The zero-order valence-corrected chi connectivity index (χ0v) is 13.2. The number of hydrogen-bond acceptors (Lipinski definition) is 3. The molecule has 0 bridgehead atoms. The summed E-state index contributed by atoms with van der Waals surface area (Å²) in [6.45, 7) is 0. The quantitative estimate of drug-likeness (QED) is 0.809. The Morgan fingerprint density at radius 3 is 2.46 bits per heavy atom. The first-order valence-electron chi connectivity index (χ1n) is 8.32. The molecule has 1 saturated heterocycles. The Balaban J connectivity index is 1.31. The van der Waals surface area contributed by atoms with Gasteiger partial charge >= 0.3 is 0 Å². The van der Waals surface area contributed by atoms with E-state index in [1.165, 1.54) is 17.7 Å². The lowest BCUT2D eigenvalue weighted by atomic mass is 10.0. The summed E-state index contributed by atoms with van der Waals surface area (Å²) in [5, 5.41) is 3.12. The van der Waals surface area contributed by atoms with E-state index in [0.29, 0.717) is 12.3 Å². The molecule has 2 aliphatic rings. The van der Waals surface area contributed by atoms with Crippen LogP contribution in [0.5, 0.6) is 0 Å². The number of carbonyl (C=O) groups is 1. The van der Waals surface area contributed by atoms with E-state index in [2.05, 4.69) is 28.3 Å². The highest BCUT2D eigenvalue weighted by molar-refractivity contribution is 5.82. The number of carbonyl (C=O) groups excluding carboxylic acids is 1. The van der Waals surface area contributed by atoms with Crippen molar-refractivity contribution < 1.29 is 9.18 Å². The average molecular weight is 325 g/mol. The van der Waals surface area contributed by atoms with Gasteiger partial charge in [0.05, 0.1) is 0 Å². The first-order chi connectivity index (χ1) is 11.7. The van der Waals surface area contributed by atoms with Gasteiger partial charge in [0.25, 0.3) is 0 Å². The SMILES string of the molecule is O=C(N[C@@H]1C[C@H]1c1ccccc1)C1CC(c2ccc(F)cc2)NN1. The Kier molecular flexibility index (Phi) is 4.04. The second-order valence-corrected chi connectivity index (χ2v) is 6.55. The maximum absolute atomic E-state index is 13.0. The first-order valence-corrected chi connectivity index (χ1v) is 8.32. The highest BCUT2D eigenvalue weighted by Crippen LogP contribution is 2.40. The van der Waals surface area contributed by atoms with Crippen molar-refractivity contribution in [3.05, 3.63) is 71.5 Å². The van der Waals surface area contributed by atoms with Gasteiger partial charge in [-0.3, -0.25) is 4.79 Å². The number of hydrazine groups is 1. The van der Waals surface area contributed by atoms with Crippen LogP contribution in [0.15, 0.2) is 54.6 Å². The second kappa shape index (κ2) is 6.34. The minimum absolute atomic E-state index is 0.0190. The molecule has 4 nitrogen and oxygen atoms in total. The molecular formula is C19H20FN3O. The Morgan fingerprint density at radius 2 is 1.71 bits per heavy atom. The third-order valence-corrected chi connectivity index (χ3v) is 4.84. The molecule has 4 rings (SSSR count). The summed E-state index contributed by atoms with van der Waals surface area (Å²) in [5.74, 6) is 0.202. The largest absolute Gasteiger partial charge is 0.351 e. The van der Waals surface area contributed by atoms with E-state index < -0.39 is 0 Å². The molecule has 0 radical (unpaired) electrons. The highest BCUT2D eigenvalue weighted by Gasteiger charge is 2.41. The normalized spacial score (nSPS) is 28.5. The van der Waals surface area contributed by atoms with Gasteiger partial charge < -0.3 is 5.32 Å². The van der Waals surface area contributed by atoms with Crippen LogP contribution in [0.25, 0.3) is 0 Å². The van der Waals surface area contributed by atoms with E-state index in [-0.39, 0.29) is 29.8 Å². The fraction of sp³-hybridized carbons (Fsp3) is 0.316. The Labute approximate surface area is 140 Å². The van der Waals surface area contributed by atoms with Crippen LogP contribution in [0.1, 0.15) is 35.9 Å². The molecule has 5 heteroatoms. The van der Waals surface area contributed by atoms with Crippen LogP contribution in [0, 0.1) is 5.82 Å². The van der Waals surface area contributed by atoms with E-state index in [1.807, 2.05) is 18.2 Å². The van der Waals surface area contributed by atoms with Crippen molar-refractivity contribution in [3.63, 3.8) is 0 Å². The lowest BCUT2D eigenvalue weighted by Gasteiger charge is -2.11. The molecule has 0 aromatic heterocycles. The number of amides is 1. The Hall–Kier alpha value is -2.24. The molecule has 2 aromatic rings.